The maximum atomic E-state index is 13.1. The molecule has 1 aromatic carbocycles. The van der Waals surface area contributed by atoms with Crippen molar-refractivity contribution in [2.45, 2.75) is 6.42 Å². The molecule has 1 heterocycles. The second-order valence-corrected chi connectivity index (χ2v) is 4.67. The molecular weight excluding hydrogens is 271 g/mol. The van der Waals surface area contributed by atoms with E-state index in [1.54, 1.807) is 14.2 Å². The van der Waals surface area contributed by atoms with E-state index in [9.17, 15) is 4.39 Å². The van der Waals surface area contributed by atoms with Gasteiger partial charge in [-0.2, -0.15) is 0 Å². The standard InChI is InChI=1S/C15H21FN4O/c1-17-15(19-7-8-21-2)18-6-5-11-10-20-14-9-12(16)3-4-13(11)14/h3-4,9-10,20H,5-8H2,1-2H3,(H2,17,18,19). The molecule has 21 heavy (non-hydrogen) atoms. The number of aromatic nitrogens is 1. The minimum Gasteiger partial charge on any atom is -0.383 e. The number of nitrogens with one attached hydrogen (secondary N) is 3. The number of halogens is 1. The fourth-order valence-electron chi connectivity index (χ4n) is 2.17. The fourth-order valence-corrected chi connectivity index (χ4v) is 2.17. The van der Waals surface area contributed by atoms with Gasteiger partial charge in [-0.1, -0.05) is 0 Å². The molecule has 0 saturated heterocycles. The SMILES string of the molecule is CN=C(NCCOC)NCCc1c[nH]c2cc(F)ccc12. The maximum Gasteiger partial charge on any atom is 0.191 e. The molecule has 2 rings (SSSR count). The van der Waals surface area contributed by atoms with Crippen molar-refractivity contribution in [1.29, 1.82) is 0 Å². The van der Waals surface area contributed by atoms with Crippen LogP contribution in [0, 0.1) is 5.82 Å². The lowest BCUT2D eigenvalue weighted by Crippen LogP contribution is -2.39. The lowest BCUT2D eigenvalue weighted by molar-refractivity contribution is 0.203. The summed E-state index contributed by atoms with van der Waals surface area (Å²) < 4.78 is 18.1. The minimum absolute atomic E-state index is 0.225. The average molecular weight is 292 g/mol. The zero-order valence-corrected chi connectivity index (χ0v) is 12.4. The molecule has 0 spiro atoms. The highest BCUT2D eigenvalue weighted by atomic mass is 19.1. The number of hydrogen-bond acceptors (Lipinski definition) is 2. The number of fused-ring (bicyclic) bond motifs is 1. The van der Waals surface area contributed by atoms with Gasteiger partial charge in [0.25, 0.3) is 0 Å². The van der Waals surface area contributed by atoms with E-state index < -0.39 is 0 Å². The Bertz CT molecular complexity index is 609. The van der Waals surface area contributed by atoms with E-state index in [0.29, 0.717) is 13.2 Å². The molecule has 0 unspecified atom stereocenters. The van der Waals surface area contributed by atoms with Crippen molar-refractivity contribution in [3.63, 3.8) is 0 Å². The number of methoxy groups -OCH3 is 1. The number of ether oxygens (including phenoxy) is 1. The van der Waals surface area contributed by atoms with E-state index in [1.807, 2.05) is 12.3 Å². The third-order valence-electron chi connectivity index (χ3n) is 3.24. The van der Waals surface area contributed by atoms with E-state index in [-0.39, 0.29) is 5.82 Å². The zero-order chi connectivity index (χ0) is 15.1. The number of H-pyrrole nitrogens is 1. The second kappa shape index (κ2) is 7.64. The number of benzene rings is 1. The quantitative estimate of drug-likeness (QED) is 0.431. The number of hydrogen-bond donors (Lipinski definition) is 3. The first-order chi connectivity index (χ1) is 10.2. The molecule has 3 N–H and O–H groups in total. The molecular formula is C15H21FN4O. The number of nitrogens with zero attached hydrogens (tertiary/aromatic N) is 1. The normalized spacial score (nSPS) is 11.9. The predicted molar refractivity (Wildman–Crippen MR) is 83.2 cm³/mol. The van der Waals surface area contributed by atoms with Gasteiger partial charge in [-0.25, -0.2) is 4.39 Å². The van der Waals surface area contributed by atoms with Gasteiger partial charge in [-0.05, 0) is 30.2 Å². The smallest absolute Gasteiger partial charge is 0.191 e. The first kappa shape index (κ1) is 15.3. The molecule has 0 atom stereocenters. The van der Waals surface area contributed by atoms with Crippen LogP contribution in [-0.4, -0.2) is 44.8 Å². The molecule has 0 saturated carbocycles. The third kappa shape index (κ3) is 4.19. The van der Waals surface area contributed by atoms with Crippen molar-refractivity contribution in [1.82, 2.24) is 15.6 Å². The molecule has 0 bridgehead atoms. The van der Waals surface area contributed by atoms with Crippen LogP contribution in [0.1, 0.15) is 5.56 Å². The van der Waals surface area contributed by atoms with E-state index in [0.717, 1.165) is 35.4 Å². The highest BCUT2D eigenvalue weighted by molar-refractivity contribution is 5.83. The Morgan fingerprint density at radius 2 is 2.14 bits per heavy atom. The van der Waals surface area contributed by atoms with Crippen LogP contribution in [-0.2, 0) is 11.2 Å². The Kier molecular flexibility index (Phi) is 5.57. The van der Waals surface area contributed by atoms with Crippen LogP contribution >= 0.6 is 0 Å². The van der Waals surface area contributed by atoms with E-state index in [4.69, 9.17) is 4.74 Å². The maximum absolute atomic E-state index is 13.1. The largest absolute Gasteiger partial charge is 0.383 e. The van der Waals surface area contributed by atoms with Gasteiger partial charge < -0.3 is 20.4 Å². The summed E-state index contributed by atoms with van der Waals surface area (Å²) in [6.07, 6.45) is 2.75. The monoisotopic (exact) mass is 292 g/mol. The summed E-state index contributed by atoms with van der Waals surface area (Å²) in [6.45, 7) is 2.09. The van der Waals surface area contributed by atoms with Crippen molar-refractivity contribution >= 4 is 16.9 Å². The molecule has 6 heteroatoms. The first-order valence-electron chi connectivity index (χ1n) is 6.93. The predicted octanol–water partition coefficient (Wildman–Crippen LogP) is 1.66. The minimum atomic E-state index is -0.225. The Morgan fingerprint density at radius 3 is 2.90 bits per heavy atom. The summed E-state index contributed by atoms with van der Waals surface area (Å²) in [5.41, 5.74) is 1.98. The molecule has 2 aromatic rings. The molecule has 0 aliphatic heterocycles. The third-order valence-corrected chi connectivity index (χ3v) is 3.24. The summed E-state index contributed by atoms with van der Waals surface area (Å²) in [7, 11) is 3.40. The molecule has 0 amide bonds. The summed E-state index contributed by atoms with van der Waals surface area (Å²) >= 11 is 0. The summed E-state index contributed by atoms with van der Waals surface area (Å²) in [6, 6.07) is 4.80. The van der Waals surface area contributed by atoms with Crippen LogP contribution in [0.4, 0.5) is 4.39 Å². The molecule has 5 nitrogen and oxygen atoms in total. The lowest BCUT2D eigenvalue weighted by atomic mass is 10.1. The van der Waals surface area contributed by atoms with Crippen LogP contribution in [0.3, 0.4) is 0 Å². The van der Waals surface area contributed by atoms with Crippen LogP contribution in [0.2, 0.25) is 0 Å². The van der Waals surface area contributed by atoms with Gasteiger partial charge in [-0.3, -0.25) is 4.99 Å². The van der Waals surface area contributed by atoms with E-state index >= 15 is 0 Å². The summed E-state index contributed by atoms with van der Waals surface area (Å²) in [4.78, 5) is 7.23. The Balaban J connectivity index is 1.87. The van der Waals surface area contributed by atoms with Crippen molar-refractivity contribution in [2.24, 2.45) is 4.99 Å². The zero-order valence-electron chi connectivity index (χ0n) is 12.4. The average Bonchev–Trinajstić information content (AvgIpc) is 2.88. The molecule has 0 fully saturated rings. The first-order valence-corrected chi connectivity index (χ1v) is 6.93. The van der Waals surface area contributed by atoms with Crippen molar-refractivity contribution in [3.05, 3.63) is 35.8 Å². The van der Waals surface area contributed by atoms with Crippen LogP contribution < -0.4 is 10.6 Å². The van der Waals surface area contributed by atoms with Gasteiger partial charge >= 0.3 is 0 Å². The number of aromatic amines is 1. The van der Waals surface area contributed by atoms with E-state index in [2.05, 4.69) is 20.6 Å². The molecule has 0 radical (unpaired) electrons. The highest BCUT2D eigenvalue weighted by Crippen LogP contribution is 2.19. The van der Waals surface area contributed by atoms with E-state index in [1.165, 1.54) is 12.1 Å². The van der Waals surface area contributed by atoms with Crippen molar-refractivity contribution in [3.8, 4) is 0 Å². The highest BCUT2D eigenvalue weighted by Gasteiger charge is 2.05. The van der Waals surface area contributed by atoms with Gasteiger partial charge in [-0.15, -0.1) is 0 Å². The molecule has 114 valence electrons. The van der Waals surface area contributed by atoms with Gasteiger partial charge in [0.2, 0.25) is 0 Å². The lowest BCUT2D eigenvalue weighted by Gasteiger charge is -2.11. The molecule has 0 aliphatic rings. The van der Waals surface area contributed by atoms with Gasteiger partial charge in [0.1, 0.15) is 5.82 Å². The van der Waals surface area contributed by atoms with Crippen LogP contribution in [0.5, 0.6) is 0 Å². The molecule has 1 aromatic heterocycles. The summed E-state index contributed by atoms with van der Waals surface area (Å²) in [5, 5.41) is 7.45. The van der Waals surface area contributed by atoms with Gasteiger partial charge in [0.05, 0.1) is 6.61 Å². The topological polar surface area (TPSA) is 61.4 Å². The van der Waals surface area contributed by atoms with Crippen molar-refractivity contribution < 1.29 is 9.13 Å². The summed E-state index contributed by atoms with van der Waals surface area (Å²) in [5.74, 6) is 0.523. The van der Waals surface area contributed by atoms with Gasteiger partial charge in [0, 0.05) is 44.3 Å². The Labute approximate surface area is 123 Å². The number of aliphatic imine (C=N–C) groups is 1. The Hall–Kier alpha value is -2.08. The fraction of sp³-hybridized carbons (Fsp3) is 0.400. The molecule has 0 aliphatic carbocycles. The number of guanidine groups is 1. The second-order valence-electron chi connectivity index (χ2n) is 4.67. The van der Waals surface area contributed by atoms with Crippen LogP contribution in [0.15, 0.2) is 29.4 Å². The van der Waals surface area contributed by atoms with Gasteiger partial charge in [0.15, 0.2) is 5.96 Å². The van der Waals surface area contributed by atoms with Crippen LogP contribution in [0.25, 0.3) is 10.9 Å². The number of rotatable bonds is 6. The Morgan fingerprint density at radius 1 is 1.33 bits per heavy atom. The van der Waals surface area contributed by atoms with Crippen molar-refractivity contribution in [2.75, 3.05) is 33.9 Å².